The van der Waals surface area contributed by atoms with E-state index in [4.69, 9.17) is 0 Å². The van der Waals surface area contributed by atoms with Gasteiger partial charge < -0.3 is 0 Å². The molecule has 2 amide bonds. The van der Waals surface area contributed by atoms with Crippen molar-refractivity contribution in [2.24, 2.45) is 0 Å². The molecule has 5 heteroatoms. The molecular weight excluding hydrogens is 290 g/mol. The van der Waals surface area contributed by atoms with E-state index in [1.807, 2.05) is 17.5 Å². The minimum Gasteiger partial charge on any atom is -0.291 e. The average molecular weight is 305 g/mol. The van der Waals surface area contributed by atoms with Crippen LogP contribution in [-0.2, 0) is 10.5 Å². The molecule has 0 saturated carbocycles. The number of thioether (sulfide) groups is 1. The van der Waals surface area contributed by atoms with Gasteiger partial charge in [-0.1, -0.05) is 30.3 Å². The maximum Gasteiger partial charge on any atom is 0.267 e. The number of carbonyl (C=O) groups is 2. The summed E-state index contributed by atoms with van der Waals surface area (Å²) in [6.45, 7) is 2.05. The fourth-order valence-corrected chi connectivity index (χ4v) is 3.18. The lowest BCUT2D eigenvalue weighted by Gasteiger charge is -2.05. The Bertz CT molecular complexity index is 594. The summed E-state index contributed by atoms with van der Waals surface area (Å²) in [6, 6.07) is 11.6. The molecule has 1 heterocycles. The van der Waals surface area contributed by atoms with E-state index in [1.54, 1.807) is 12.1 Å². The SMILES string of the molecule is Cc1ccccc1CSCC(=O)NC(=O)c1cccs1. The van der Waals surface area contributed by atoms with Gasteiger partial charge in [0.2, 0.25) is 5.91 Å². The summed E-state index contributed by atoms with van der Waals surface area (Å²) < 4.78 is 0. The molecule has 20 heavy (non-hydrogen) atoms. The highest BCUT2D eigenvalue weighted by Crippen LogP contribution is 2.15. The molecule has 0 aliphatic carbocycles. The van der Waals surface area contributed by atoms with E-state index in [1.165, 1.54) is 34.2 Å². The van der Waals surface area contributed by atoms with Gasteiger partial charge >= 0.3 is 0 Å². The van der Waals surface area contributed by atoms with Gasteiger partial charge in [0.15, 0.2) is 0 Å². The molecule has 2 rings (SSSR count). The molecule has 0 aliphatic heterocycles. The topological polar surface area (TPSA) is 46.2 Å². The van der Waals surface area contributed by atoms with Gasteiger partial charge in [-0.25, -0.2) is 0 Å². The third-order valence-electron chi connectivity index (χ3n) is 2.75. The molecule has 0 aliphatic rings. The molecule has 0 saturated heterocycles. The van der Waals surface area contributed by atoms with Crippen LogP contribution in [0.2, 0.25) is 0 Å². The maximum atomic E-state index is 11.7. The zero-order valence-electron chi connectivity index (χ0n) is 11.1. The first-order valence-corrected chi connectivity index (χ1v) is 8.20. The summed E-state index contributed by atoms with van der Waals surface area (Å²) >= 11 is 2.83. The fourth-order valence-electron chi connectivity index (χ4n) is 1.66. The van der Waals surface area contributed by atoms with Gasteiger partial charge in [0.05, 0.1) is 10.6 Å². The highest BCUT2D eigenvalue weighted by Gasteiger charge is 2.11. The Labute approximate surface area is 126 Å². The molecule has 2 aromatic rings. The number of imide groups is 1. The number of thiophene rings is 1. The predicted molar refractivity (Wildman–Crippen MR) is 84.1 cm³/mol. The summed E-state index contributed by atoms with van der Waals surface area (Å²) in [7, 11) is 0. The lowest BCUT2D eigenvalue weighted by molar-refractivity contribution is -0.117. The van der Waals surface area contributed by atoms with Crippen molar-refractivity contribution < 1.29 is 9.59 Å². The molecule has 104 valence electrons. The average Bonchev–Trinajstić information content (AvgIpc) is 2.95. The van der Waals surface area contributed by atoms with Crippen LogP contribution >= 0.6 is 23.1 Å². The van der Waals surface area contributed by atoms with Crippen molar-refractivity contribution in [3.05, 3.63) is 57.8 Å². The molecule has 0 atom stereocenters. The van der Waals surface area contributed by atoms with E-state index < -0.39 is 0 Å². The van der Waals surface area contributed by atoms with Gasteiger partial charge in [-0.05, 0) is 29.5 Å². The van der Waals surface area contributed by atoms with Crippen LogP contribution in [0, 0.1) is 6.92 Å². The largest absolute Gasteiger partial charge is 0.291 e. The van der Waals surface area contributed by atoms with Crippen molar-refractivity contribution in [2.75, 3.05) is 5.75 Å². The van der Waals surface area contributed by atoms with E-state index >= 15 is 0 Å². The van der Waals surface area contributed by atoms with Gasteiger partial charge in [-0.3, -0.25) is 14.9 Å². The second-order valence-corrected chi connectivity index (χ2v) is 6.21. The van der Waals surface area contributed by atoms with Crippen molar-refractivity contribution in [3.8, 4) is 0 Å². The van der Waals surface area contributed by atoms with Gasteiger partial charge in [0, 0.05) is 5.75 Å². The molecule has 1 N–H and O–H groups in total. The van der Waals surface area contributed by atoms with Crippen LogP contribution in [0.5, 0.6) is 0 Å². The Morgan fingerprint density at radius 3 is 2.70 bits per heavy atom. The van der Waals surface area contributed by atoms with Crippen LogP contribution < -0.4 is 5.32 Å². The van der Waals surface area contributed by atoms with Crippen LogP contribution in [-0.4, -0.2) is 17.6 Å². The third-order valence-corrected chi connectivity index (χ3v) is 4.60. The minimum atomic E-state index is -0.318. The predicted octanol–water partition coefficient (Wildman–Crippen LogP) is 3.25. The van der Waals surface area contributed by atoms with Crippen LogP contribution in [0.25, 0.3) is 0 Å². The molecule has 0 fully saturated rings. The van der Waals surface area contributed by atoms with E-state index in [0.717, 1.165) is 5.75 Å². The standard InChI is InChI=1S/C15H15NO2S2/c1-11-5-2-3-6-12(11)9-19-10-14(17)16-15(18)13-7-4-8-20-13/h2-8H,9-10H2,1H3,(H,16,17,18). The Hall–Kier alpha value is -1.59. The lowest BCUT2D eigenvalue weighted by atomic mass is 10.1. The molecule has 0 bridgehead atoms. The number of hydrogen-bond acceptors (Lipinski definition) is 4. The Balaban J connectivity index is 1.76. The molecule has 0 spiro atoms. The van der Waals surface area contributed by atoms with Gasteiger partial charge in [-0.2, -0.15) is 0 Å². The van der Waals surface area contributed by atoms with Crippen LogP contribution in [0.4, 0.5) is 0 Å². The molecule has 1 aromatic carbocycles. The number of benzene rings is 1. The molecule has 3 nitrogen and oxygen atoms in total. The molecule has 0 radical (unpaired) electrons. The van der Waals surface area contributed by atoms with Gasteiger partial charge in [-0.15, -0.1) is 23.1 Å². The Kier molecular flexibility index (Phi) is 5.38. The van der Waals surface area contributed by atoms with E-state index in [2.05, 4.69) is 24.4 Å². The third kappa shape index (κ3) is 4.21. The monoisotopic (exact) mass is 305 g/mol. The summed E-state index contributed by atoms with van der Waals surface area (Å²) in [4.78, 5) is 23.9. The first-order valence-electron chi connectivity index (χ1n) is 6.17. The zero-order valence-corrected chi connectivity index (χ0v) is 12.7. The van der Waals surface area contributed by atoms with E-state index in [9.17, 15) is 9.59 Å². The number of hydrogen-bond donors (Lipinski definition) is 1. The number of aryl methyl sites for hydroxylation is 1. The number of nitrogens with one attached hydrogen (secondary N) is 1. The van der Waals surface area contributed by atoms with Crippen LogP contribution in [0.1, 0.15) is 20.8 Å². The zero-order chi connectivity index (χ0) is 14.4. The quantitative estimate of drug-likeness (QED) is 0.922. The smallest absolute Gasteiger partial charge is 0.267 e. The van der Waals surface area contributed by atoms with Crippen molar-refractivity contribution in [1.29, 1.82) is 0 Å². The first kappa shape index (κ1) is 14.8. The maximum absolute atomic E-state index is 11.7. The Morgan fingerprint density at radius 1 is 1.20 bits per heavy atom. The number of amides is 2. The van der Waals surface area contributed by atoms with Crippen LogP contribution in [0.15, 0.2) is 41.8 Å². The highest BCUT2D eigenvalue weighted by atomic mass is 32.2. The minimum absolute atomic E-state index is 0.248. The molecular formula is C15H15NO2S2. The highest BCUT2D eigenvalue weighted by molar-refractivity contribution is 7.99. The lowest BCUT2D eigenvalue weighted by Crippen LogP contribution is -2.31. The van der Waals surface area contributed by atoms with Crippen molar-refractivity contribution in [3.63, 3.8) is 0 Å². The van der Waals surface area contributed by atoms with Crippen LogP contribution in [0.3, 0.4) is 0 Å². The summed E-state index contributed by atoms with van der Waals surface area (Å²) in [5, 5.41) is 4.21. The normalized spacial score (nSPS) is 10.2. The van der Waals surface area contributed by atoms with E-state index in [0.29, 0.717) is 4.88 Å². The second-order valence-electron chi connectivity index (χ2n) is 4.27. The summed E-state index contributed by atoms with van der Waals surface area (Å²) in [5.41, 5.74) is 2.44. The Morgan fingerprint density at radius 2 is 2.00 bits per heavy atom. The van der Waals surface area contributed by atoms with Crippen molar-refractivity contribution in [2.45, 2.75) is 12.7 Å². The number of rotatable bonds is 5. The fraction of sp³-hybridized carbons (Fsp3) is 0.200. The summed E-state index contributed by atoms with van der Waals surface area (Å²) in [6.07, 6.45) is 0. The van der Waals surface area contributed by atoms with Crippen molar-refractivity contribution in [1.82, 2.24) is 5.32 Å². The van der Waals surface area contributed by atoms with Gasteiger partial charge in [0.1, 0.15) is 0 Å². The molecule has 0 unspecified atom stereocenters. The second kappa shape index (κ2) is 7.26. The van der Waals surface area contributed by atoms with Gasteiger partial charge in [0.25, 0.3) is 5.91 Å². The first-order chi connectivity index (χ1) is 9.66. The summed E-state index contributed by atoms with van der Waals surface area (Å²) in [5.74, 6) is 0.488. The van der Waals surface area contributed by atoms with E-state index in [-0.39, 0.29) is 17.6 Å². The molecule has 1 aromatic heterocycles. The van der Waals surface area contributed by atoms with Crippen molar-refractivity contribution >= 4 is 34.9 Å². The number of carbonyl (C=O) groups excluding carboxylic acids is 2.